The van der Waals surface area contributed by atoms with Crippen molar-refractivity contribution >= 4 is 5.97 Å². The van der Waals surface area contributed by atoms with Crippen molar-refractivity contribution in [1.29, 1.82) is 0 Å². The average Bonchev–Trinajstić information content (AvgIpc) is 2.49. The number of carbonyl (C=O) groups excluding carboxylic acids is 1. The highest BCUT2D eigenvalue weighted by molar-refractivity contribution is 5.76. The van der Waals surface area contributed by atoms with Gasteiger partial charge in [0.05, 0.1) is 5.41 Å². The fourth-order valence-corrected chi connectivity index (χ4v) is 3.88. The van der Waals surface area contributed by atoms with E-state index in [1.807, 2.05) is 27.7 Å². The minimum Gasteiger partial charge on any atom is -0.459 e. The third-order valence-electron chi connectivity index (χ3n) is 5.70. The highest BCUT2D eigenvalue weighted by atomic mass is 16.6. The molecule has 0 N–H and O–H groups in total. The van der Waals surface area contributed by atoms with Gasteiger partial charge in [0.25, 0.3) is 0 Å². The highest BCUT2D eigenvalue weighted by Gasteiger charge is 2.47. The van der Waals surface area contributed by atoms with Gasteiger partial charge in [0, 0.05) is 5.92 Å². The van der Waals surface area contributed by atoms with Crippen LogP contribution in [-0.2, 0) is 9.53 Å². The van der Waals surface area contributed by atoms with E-state index in [-0.39, 0.29) is 17.0 Å². The molecular formula is C19H36O2. The molecule has 2 rings (SSSR count). The van der Waals surface area contributed by atoms with Crippen LogP contribution in [0.1, 0.15) is 92.9 Å². The van der Waals surface area contributed by atoms with Crippen molar-refractivity contribution in [3.8, 4) is 0 Å². The van der Waals surface area contributed by atoms with E-state index in [9.17, 15) is 4.79 Å². The van der Waals surface area contributed by atoms with Gasteiger partial charge >= 0.3 is 5.97 Å². The molecule has 0 saturated heterocycles. The minimum atomic E-state index is -0.343. The quantitative estimate of drug-likeness (QED) is 0.621. The lowest BCUT2D eigenvalue weighted by Crippen LogP contribution is -2.49. The van der Waals surface area contributed by atoms with Crippen molar-refractivity contribution in [3.05, 3.63) is 0 Å². The minimum absolute atomic E-state index is 0.00345. The van der Waals surface area contributed by atoms with Gasteiger partial charge in [-0.1, -0.05) is 40.0 Å². The number of rotatable bonds is 3. The van der Waals surface area contributed by atoms with E-state index in [2.05, 4.69) is 13.8 Å². The van der Waals surface area contributed by atoms with Crippen LogP contribution in [0.2, 0.25) is 0 Å². The first-order valence-corrected chi connectivity index (χ1v) is 9.12. The topological polar surface area (TPSA) is 26.3 Å². The fourth-order valence-electron chi connectivity index (χ4n) is 3.88. The summed E-state index contributed by atoms with van der Waals surface area (Å²) in [6, 6.07) is 0. The lowest BCUT2D eigenvalue weighted by Gasteiger charge is -2.48. The molecule has 0 aromatic heterocycles. The molecule has 0 bridgehead atoms. The Morgan fingerprint density at radius 1 is 1.14 bits per heavy atom. The van der Waals surface area contributed by atoms with E-state index in [4.69, 9.17) is 4.74 Å². The molecule has 2 saturated carbocycles. The van der Waals surface area contributed by atoms with Gasteiger partial charge < -0.3 is 4.74 Å². The van der Waals surface area contributed by atoms with E-state index in [1.54, 1.807) is 0 Å². The Morgan fingerprint density at radius 2 is 1.71 bits per heavy atom. The first kappa shape index (κ1) is 18.5. The van der Waals surface area contributed by atoms with Gasteiger partial charge in [-0.05, 0) is 58.8 Å². The molecule has 2 fully saturated rings. The van der Waals surface area contributed by atoms with Crippen molar-refractivity contribution in [3.63, 3.8) is 0 Å². The van der Waals surface area contributed by atoms with Crippen LogP contribution in [-0.4, -0.2) is 11.6 Å². The zero-order valence-electron chi connectivity index (χ0n) is 15.1. The number of carbonyl (C=O) groups is 1. The second-order valence-electron chi connectivity index (χ2n) is 7.48. The van der Waals surface area contributed by atoms with Crippen LogP contribution in [0.3, 0.4) is 0 Å². The highest BCUT2D eigenvalue weighted by Crippen LogP contribution is 2.48. The summed E-state index contributed by atoms with van der Waals surface area (Å²) in [4.78, 5) is 12.4. The van der Waals surface area contributed by atoms with E-state index < -0.39 is 0 Å². The van der Waals surface area contributed by atoms with Crippen LogP contribution in [0.25, 0.3) is 0 Å². The van der Waals surface area contributed by atoms with Gasteiger partial charge in [0.2, 0.25) is 0 Å². The molecule has 0 radical (unpaired) electrons. The molecule has 0 aliphatic heterocycles. The van der Waals surface area contributed by atoms with Gasteiger partial charge in [-0.2, -0.15) is 0 Å². The van der Waals surface area contributed by atoms with Gasteiger partial charge in [-0.3, -0.25) is 4.79 Å². The molecule has 124 valence electrons. The maximum atomic E-state index is 12.4. The van der Waals surface area contributed by atoms with Crippen molar-refractivity contribution in [1.82, 2.24) is 0 Å². The SMILES string of the molecule is CC.CCC(C)(C)C(=O)OC1(C)CCCC2CCCCC21. The Morgan fingerprint density at radius 3 is 2.33 bits per heavy atom. The van der Waals surface area contributed by atoms with Crippen LogP contribution in [0.4, 0.5) is 0 Å². The Balaban J connectivity index is 0.00000106. The Bertz CT molecular complexity index is 332. The first-order valence-electron chi connectivity index (χ1n) is 9.12. The smallest absolute Gasteiger partial charge is 0.312 e. The van der Waals surface area contributed by atoms with Crippen molar-refractivity contribution in [2.75, 3.05) is 0 Å². The molecule has 21 heavy (non-hydrogen) atoms. The Labute approximate surface area is 132 Å². The maximum Gasteiger partial charge on any atom is 0.312 e. The molecular weight excluding hydrogens is 260 g/mol. The molecule has 0 heterocycles. The lowest BCUT2D eigenvalue weighted by molar-refractivity contribution is -0.184. The van der Waals surface area contributed by atoms with Crippen LogP contribution < -0.4 is 0 Å². The van der Waals surface area contributed by atoms with Crippen molar-refractivity contribution in [2.24, 2.45) is 17.3 Å². The normalized spacial score (nSPS) is 32.5. The van der Waals surface area contributed by atoms with Crippen LogP contribution in [0.15, 0.2) is 0 Å². The Hall–Kier alpha value is -0.530. The maximum absolute atomic E-state index is 12.4. The molecule has 0 aromatic carbocycles. The van der Waals surface area contributed by atoms with E-state index in [0.29, 0.717) is 5.92 Å². The summed E-state index contributed by atoms with van der Waals surface area (Å²) in [5, 5.41) is 0. The third kappa shape index (κ3) is 4.23. The molecule has 0 spiro atoms. The molecule has 2 aliphatic rings. The molecule has 2 nitrogen and oxygen atoms in total. The van der Waals surface area contributed by atoms with Crippen LogP contribution in [0, 0.1) is 17.3 Å². The van der Waals surface area contributed by atoms with E-state index >= 15 is 0 Å². The third-order valence-corrected chi connectivity index (χ3v) is 5.70. The zero-order valence-corrected chi connectivity index (χ0v) is 15.1. The Kier molecular flexibility index (Phi) is 6.74. The summed E-state index contributed by atoms with van der Waals surface area (Å²) in [7, 11) is 0. The summed E-state index contributed by atoms with van der Waals surface area (Å²) in [5.74, 6) is 1.40. The summed E-state index contributed by atoms with van der Waals surface area (Å²) in [6.07, 6.45) is 9.73. The predicted octanol–water partition coefficient (Wildman–Crippen LogP) is 5.74. The summed E-state index contributed by atoms with van der Waals surface area (Å²) in [5.41, 5.74) is -0.544. The molecule has 2 heteroatoms. The average molecular weight is 296 g/mol. The molecule has 3 unspecified atom stereocenters. The standard InChI is InChI=1S/C17H30O2.C2H6/c1-5-16(2,3)15(18)19-17(4)12-8-10-13-9-6-7-11-14(13)17;1-2/h13-14H,5-12H2,1-4H3;1-2H3. The molecule has 2 aliphatic carbocycles. The second kappa shape index (κ2) is 7.65. The number of hydrogen-bond acceptors (Lipinski definition) is 2. The van der Waals surface area contributed by atoms with E-state index in [1.165, 1.54) is 38.5 Å². The number of fused-ring (bicyclic) bond motifs is 1. The number of hydrogen-bond donors (Lipinski definition) is 0. The second-order valence-corrected chi connectivity index (χ2v) is 7.48. The largest absolute Gasteiger partial charge is 0.459 e. The van der Waals surface area contributed by atoms with E-state index in [0.717, 1.165) is 18.8 Å². The van der Waals surface area contributed by atoms with Crippen LogP contribution in [0.5, 0.6) is 0 Å². The summed E-state index contributed by atoms with van der Waals surface area (Å²) < 4.78 is 6.07. The summed E-state index contributed by atoms with van der Waals surface area (Å²) in [6.45, 7) is 12.3. The zero-order chi connectivity index (χ0) is 16.1. The van der Waals surface area contributed by atoms with Crippen molar-refractivity contribution in [2.45, 2.75) is 98.5 Å². The van der Waals surface area contributed by atoms with Gasteiger partial charge in [-0.15, -0.1) is 0 Å². The monoisotopic (exact) mass is 296 g/mol. The fraction of sp³-hybridized carbons (Fsp3) is 0.947. The van der Waals surface area contributed by atoms with Crippen molar-refractivity contribution < 1.29 is 9.53 Å². The first-order chi connectivity index (χ1) is 9.89. The number of esters is 1. The van der Waals surface area contributed by atoms with Gasteiger partial charge in [0.1, 0.15) is 5.60 Å². The molecule has 0 aromatic rings. The van der Waals surface area contributed by atoms with Crippen LogP contribution >= 0.6 is 0 Å². The van der Waals surface area contributed by atoms with Gasteiger partial charge in [-0.25, -0.2) is 0 Å². The lowest BCUT2D eigenvalue weighted by atomic mass is 9.63. The molecule has 0 amide bonds. The van der Waals surface area contributed by atoms with Gasteiger partial charge in [0.15, 0.2) is 0 Å². The predicted molar refractivity (Wildman–Crippen MR) is 89.2 cm³/mol. The number of ether oxygens (including phenoxy) is 1. The summed E-state index contributed by atoms with van der Waals surface area (Å²) >= 11 is 0. The molecule has 3 atom stereocenters.